The van der Waals surface area contributed by atoms with Crippen molar-refractivity contribution in [1.29, 1.82) is 0 Å². The van der Waals surface area contributed by atoms with Crippen LogP contribution in [0.4, 0.5) is 4.79 Å². The Balaban J connectivity index is 1.95. The molecule has 1 amide bonds. The molecule has 0 spiro atoms. The lowest BCUT2D eigenvalue weighted by Crippen LogP contribution is -2.46. The molecule has 6 heteroatoms. The Morgan fingerprint density at radius 1 is 1.33 bits per heavy atom. The number of carbonyl (C=O) groups is 1. The highest BCUT2D eigenvalue weighted by Gasteiger charge is 2.32. The molecule has 0 bridgehead atoms. The number of nitrogens with zero attached hydrogens (tertiary/aromatic N) is 1. The molecule has 1 aromatic rings. The molecule has 0 saturated carbocycles. The van der Waals surface area contributed by atoms with Crippen molar-refractivity contribution in [3.8, 4) is 0 Å². The van der Waals surface area contributed by atoms with E-state index >= 15 is 0 Å². The Morgan fingerprint density at radius 3 is 2.71 bits per heavy atom. The molecule has 2 rings (SSSR count). The normalized spacial score (nSPS) is 22.1. The van der Waals surface area contributed by atoms with Gasteiger partial charge in [0, 0.05) is 6.54 Å². The van der Waals surface area contributed by atoms with Crippen LogP contribution in [-0.4, -0.2) is 53.8 Å². The number of amides is 1. The maximum atomic E-state index is 12.4. The van der Waals surface area contributed by atoms with Crippen molar-refractivity contribution in [2.24, 2.45) is 0 Å². The highest BCUT2D eigenvalue weighted by molar-refractivity contribution is 5.68. The average molecular weight is 337 g/mol. The maximum absolute atomic E-state index is 12.4. The van der Waals surface area contributed by atoms with Crippen LogP contribution in [0, 0.1) is 0 Å². The van der Waals surface area contributed by atoms with Crippen molar-refractivity contribution < 1.29 is 24.1 Å². The van der Waals surface area contributed by atoms with Crippen molar-refractivity contribution in [3.05, 3.63) is 35.9 Å². The van der Waals surface area contributed by atoms with Gasteiger partial charge in [0.1, 0.15) is 5.60 Å². The minimum Gasteiger partial charge on any atom is -0.444 e. The number of ether oxygens (including phenoxy) is 3. The van der Waals surface area contributed by atoms with E-state index in [0.717, 1.165) is 5.56 Å². The van der Waals surface area contributed by atoms with Crippen molar-refractivity contribution in [2.45, 2.75) is 51.7 Å². The lowest BCUT2D eigenvalue weighted by molar-refractivity contribution is -0.103. The lowest BCUT2D eigenvalue weighted by Gasteiger charge is -2.31. The maximum Gasteiger partial charge on any atom is 0.412 e. The van der Waals surface area contributed by atoms with E-state index in [9.17, 15) is 9.90 Å². The number of hydrogen-bond donors (Lipinski definition) is 1. The topological polar surface area (TPSA) is 68.2 Å². The summed E-state index contributed by atoms with van der Waals surface area (Å²) in [4.78, 5) is 13.9. The molecule has 1 N–H and O–H groups in total. The zero-order valence-corrected chi connectivity index (χ0v) is 14.6. The predicted molar refractivity (Wildman–Crippen MR) is 89.4 cm³/mol. The van der Waals surface area contributed by atoms with Gasteiger partial charge in [0.05, 0.1) is 25.9 Å². The summed E-state index contributed by atoms with van der Waals surface area (Å²) in [5.41, 5.74) is 0.465. The number of benzene rings is 1. The zero-order chi connectivity index (χ0) is 17.6. The molecular formula is C18H27NO5. The molecule has 6 nitrogen and oxygen atoms in total. The van der Waals surface area contributed by atoms with Crippen LogP contribution in [0.3, 0.4) is 0 Å². The molecule has 1 saturated heterocycles. The summed E-state index contributed by atoms with van der Waals surface area (Å²) in [7, 11) is 0. The smallest absolute Gasteiger partial charge is 0.412 e. The standard InChI is InChI=1S/C18H27NO5/c1-18(2,3)24-17(21)19-10-9-15(20)12-23-16(19)13-22-11-14-7-5-4-6-8-14/h4-8,15-16,20H,9-13H2,1-3H3/t15-,16+/m0/s1. The Kier molecular flexibility index (Phi) is 6.60. The highest BCUT2D eigenvalue weighted by Crippen LogP contribution is 2.17. The third-order valence-electron chi connectivity index (χ3n) is 3.53. The molecule has 0 aliphatic carbocycles. The first-order valence-electron chi connectivity index (χ1n) is 8.26. The van der Waals surface area contributed by atoms with Gasteiger partial charge in [-0.25, -0.2) is 4.79 Å². The Hall–Kier alpha value is -1.63. The molecule has 24 heavy (non-hydrogen) atoms. The summed E-state index contributed by atoms with van der Waals surface area (Å²) in [6.45, 7) is 6.67. The predicted octanol–water partition coefficient (Wildman–Crippen LogP) is 2.55. The van der Waals surface area contributed by atoms with E-state index in [-0.39, 0.29) is 13.2 Å². The Labute approximate surface area is 143 Å². The fourth-order valence-electron chi connectivity index (χ4n) is 2.35. The molecule has 1 aliphatic rings. The number of rotatable bonds is 4. The van der Waals surface area contributed by atoms with E-state index in [0.29, 0.717) is 19.6 Å². The molecule has 1 aliphatic heterocycles. The van der Waals surface area contributed by atoms with E-state index in [2.05, 4.69) is 0 Å². The SMILES string of the molecule is CC(C)(C)OC(=O)N1CC[C@H](O)CO[C@@H]1COCc1ccccc1. The van der Waals surface area contributed by atoms with Crippen LogP contribution < -0.4 is 0 Å². The third kappa shape index (κ3) is 6.11. The summed E-state index contributed by atoms with van der Waals surface area (Å²) in [6, 6.07) is 9.80. The van der Waals surface area contributed by atoms with Crippen LogP contribution in [0.1, 0.15) is 32.8 Å². The minimum atomic E-state index is -0.589. The zero-order valence-electron chi connectivity index (χ0n) is 14.6. The van der Waals surface area contributed by atoms with E-state index in [1.165, 1.54) is 4.90 Å². The van der Waals surface area contributed by atoms with E-state index < -0.39 is 24.0 Å². The van der Waals surface area contributed by atoms with Gasteiger partial charge in [-0.1, -0.05) is 30.3 Å². The van der Waals surface area contributed by atoms with Crippen LogP contribution in [0.25, 0.3) is 0 Å². The van der Waals surface area contributed by atoms with Gasteiger partial charge in [0.2, 0.25) is 0 Å². The van der Waals surface area contributed by atoms with Gasteiger partial charge in [-0.3, -0.25) is 4.90 Å². The van der Waals surface area contributed by atoms with Crippen LogP contribution in [0.15, 0.2) is 30.3 Å². The Morgan fingerprint density at radius 2 is 2.04 bits per heavy atom. The molecule has 0 radical (unpaired) electrons. The molecule has 0 unspecified atom stereocenters. The van der Waals surface area contributed by atoms with Gasteiger partial charge in [-0.15, -0.1) is 0 Å². The first-order chi connectivity index (χ1) is 11.3. The van der Waals surface area contributed by atoms with Crippen molar-refractivity contribution >= 4 is 6.09 Å². The molecule has 0 aromatic heterocycles. The van der Waals surface area contributed by atoms with E-state index in [1.807, 2.05) is 51.1 Å². The second-order valence-corrected chi connectivity index (χ2v) is 6.90. The number of carbonyl (C=O) groups excluding carboxylic acids is 1. The third-order valence-corrected chi connectivity index (χ3v) is 3.53. The second-order valence-electron chi connectivity index (χ2n) is 6.90. The first kappa shape index (κ1) is 18.7. The van der Waals surface area contributed by atoms with Crippen molar-refractivity contribution in [2.75, 3.05) is 19.8 Å². The summed E-state index contributed by atoms with van der Waals surface area (Å²) in [5, 5.41) is 9.80. The van der Waals surface area contributed by atoms with Crippen LogP contribution in [-0.2, 0) is 20.8 Å². The summed E-state index contributed by atoms with van der Waals surface area (Å²) in [5.74, 6) is 0. The van der Waals surface area contributed by atoms with Gasteiger partial charge < -0.3 is 19.3 Å². The summed E-state index contributed by atoms with van der Waals surface area (Å²) >= 11 is 0. The van der Waals surface area contributed by atoms with Crippen LogP contribution >= 0.6 is 0 Å². The van der Waals surface area contributed by atoms with Gasteiger partial charge in [-0.2, -0.15) is 0 Å². The number of aliphatic hydroxyl groups excluding tert-OH is 1. The van der Waals surface area contributed by atoms with Gasteiger partial charge in [-0.05, 0) is 32.8 Å². The van der Waals surface area contributed by atoms with Crippen LogP contribution in [0.2, 0.25) is 0 Å². The second kappa shape index (κ2) is 8.46. The molecular weight excluding hydrogens is 310 g/mol. The average Bonchev–Trinajstić information content (AvgIpc) is 2.69. The fraction of sp³-hybridized carbons (Fsp3) is 0.611. The fourth-order valence-corrected chi connectivity index (χ4v) is 2.35. The first-order valence-corrected chi connectivity index (χ1v) is 8.26. The van der Waals surface area contributed by atoms with E-state index in [1.54, 1.807) is 0 Å². The van der Waals surface area contributed by atoms with Crippen molar-refractivity contribution in [3.63, 3.8) is 0 Å². The summed E-state index contributed by atoms with van der Waals surface area (Å²) < 4.78 is 16.8. The van der Waals surface area contributed by atoms with Crippen molar-refractivity contribution in [1.82, 2.24) is 4.90 Å². The number of hydrogen-bond acceptors (Lipinski definition) is 5. The number of aliphatic hydroxyl groups is 1. The molecule has 1 fully saturated rings. The molecule has 2 atom stereocenters. The molecule has 134 valence electrons. The molecule has 1 heterocycles. The van der Waals surface area contributed by atoms with Gasteiger partial charge in [0.25, 0.3) is 0 Å². The van der Waals surface area contributed by atoms with Gasteiger partial charge >= 0.3 is 6.09 Å². The van der Waals surface area contributed by atoms with E-state index in [4.69, 9.17) is 14.2 Å². The highest BCUT2D eigenvalue weighted by atomic mass is 16.6. The van der Waals surface area contributed by atoms with Gasteiger partial charge in [0.15, 0.2) is 6.23 Å². The Bertz CT molecular complexity index is 514. The quantitative estimate of drug-likeness (QED) is 0.914. The molecule has 1 aromatic carbocycles. The minimum absolute atomic E-state index is 0.179. The van der Waals surface area contributed by atoms with Crippen LogP contribution in [0.5, 0.6) is 0 Å². The largest absolute Gasteiger partial charge is 0.444 e. The monoisotopic (exact) mass is 337 g/mol. The summed E-state index contributed by atoms with van der Waals surface area (Å²) in [6.07, 6.45) is -1.16. The lowest BCUT2D eigenvalue weighted by atomic mass is 10.2.